The molecule has 2 aromatic rings. The number of anilines is 3. The van der Waals surface area contributed by atoms with Crippen LogP contribution >= 0.6 is 0 Å². The smallest absolute Gasteiger partial charge is 0.245 e. The zero-order valence-electron chi connectivity index (χ0n) is 19.0. The highest BCUT2D eigenvalue weighted by molar-refractivity contribution is 7.92. The fourth-order valence-corrected chi connectivity index (χ4v) is 5.05. The lowest BCUT2D eigenvalue weighted by Gasteiger charge is -2.34. The number of likely N-dealkylation sites (N-methyl/N-ethyl adjacent to an activating group) is 1. The minimum atomic E-state index is -3.63. The number of sulfonamides is 1. The second-order valence-corrected chi connectivity index (χ2v) is 10.3. The van der Waals surface area contributed by atoms with Gasteiger partial charge < -0.3 is 15.1 Å². The average molecular weight is 445 g/mol. The molecule has 8 heteroatoms. The van der Waals surface area contributed by atoms with E-state index in [-0.39, 0.29) is 12.5 Å². The van der Waals surface area contributed by atoms with Crippen molar-refractivity contribution in [1.29, 1.82) is 0 Å². The number of hydrogen-bond donors (Lipinski definition) is 1. The zero-order valence-corrected chi connectivity index (χ0v) is 19.8. The molecule has 0 aliphatic carbocycles. The minimum Gasteiger partial charge on any atom is -0.369 e. The molecule has 3 rings (SSSR count). The average Bonchev–Trinajstić information content (AvgIpc) is 2.67. The van der Waals surface area contributed by atoms with Gasteiger partial charge in [-0.2, -0.15) is 0 Å². The van der Waals surface area contributed by atoms with Crippen LogP contribution in [0.25, 0.3) is 0 Å². The van der Waals surface area contributed by atoms with Crippen LogP contribution in [0.5, 0.6) is 0 Å². The maximum atomic E-state index is 12.7. The van der Waals surface area contributed by atoms with Gasteiger partial charge >= 0.3 is 0 Å². The van der Waals surface area contributed by atoms with Gasteiger partial charge in [-0.15, -0.1) is 0 Å². The SMILES string of the molecule is Cc1cc(C)c(N(CC(=O)Nc2ccc(N3CCN(C)CC3)cc2)S(C)(=O)=O)c(C)c1. The summed E-state index contributed by atoms with van der Waals surface area (Å²) in [6.07, 6.45) is 1.13. The van der Waals surface area contributed by atoms with Crippen LogP contribution in [0, 0.1) is 20.8 Å². The first-order chi connectivity index (χ1) is 14.5. The molecule has 0 bridgehead atoms. The number of hydrogen-bond acceptors (Lipinski definition) is 5. The van der Waals surface area contributed by atoms with Gasteiger partial charge in [0.25, 0.3) is 0 Å². The van der Waals surface area contributed by atoms with Crippen molar-refractivity contribution >= 4 is 33.0 Å². The Bertz CT molecular complexity index is 1020. The number of rotatable bonds is 6. The summed E-state index contributed by atoms with van der Waals surface area (Å²) in [5.41, 5.74) is 5.04. The number of carbonyl (C=O) groups excluding carboxylic acids is 1. The number of nitrogens with zero attached hydrogens (tertiary/aromatic N) is 3. The van der Waals surface area contributed by atoms with E-state index in [0.717, 1.165) is 54.8 Å². The Balaban J connectivity index is 1.72. The Morgan fingerprint density at radius 1 is 1.00 bits per heavy atom. The summed E-state index contributed by atoms with van der Waals surface area (Å²) >= 11 is 0. The largest absolute Gasteiger partial charge is 0.369 e. The lowest BCUT2D eigenvalue weighted by Crippen LogP contribution is -2.44. The number of aryl methyl sites for hydroxylation is 3. The lowest BCUT2D eigenvalue weighted by molar-refractivity contribution is -0.114. The predicted octanol–water partition coefficient (Wildman–Crippen LogP) is 2.77. The minimum absolute atomic E-state index is 0.274. The van der Waals surface area contributed by atoms with Crippen molar-refractivity contribution < 1.29 is 13.2 Å². The Morgan fingerprint density at radius 3 is 2.06 bits per heavy atom. The van der Waals surface area contributed by atoms with Gasteiger partial charge in [0.2, 0.25) is 15.9 Å². The standard InChI is InChI=1S/C23H32N4O3S/c1-17-14-18(2)23(19(3)15-17)27(31(5,29)30)16-22(28)24-20-6-8-21(9-7-20)26-12-10-25(4)11-13-26/h6-9,14-15H,10-13,16H2,1-5H3,(H,24,28). The number of amides is 1. The van der Waals surface area contributed by atoms with Gasteiger partial charge in [0.1, 0.15) is 6.54 Å². The molecule has 7 nitrogen and oxygen atoms in total. The predicted molar refractivity (Wildman–Crippen MR) is 128 cm³/mol. The highest BCUT2D eigenvalue weighted by atomic mass is 32.2. The molecule has 1 fully saturated rings. The first kappa shape index (κ1) is 23.1. The van der Waals surface area contributed by atoms with Crippen LogP contribution in [-0.2, 0) is 14.8 Å². The van der Waals surface area contributed by atoms with Crippen LogP contribution in [0.3, 0.4) is 0 Å². The summed E-state index contributed by atoms with van der Waals surface area (Å²) in [7, 11) is -1.51. The van der Waals surface area contributed by atoms with Crippen LogP contribution in [0.1, 0.15) is 16.7 Å². The Hall–Kier alpha value is -2.58. The fourth-order valence-electron chi connectivity index (χ4n) is 4.08. The highest BCUT2D eigenvalue weighted by Gasteiger charge is 2.24. The fraction of sp³-hybridized carbons (Fsp3) is 0.435. The molecule has 0 radical (unpaired) electrons. The van der Waals surface area contributed by atoms with Crippen LogP contribution in [0.4, 0.5) is 17.1 Å². The van der Waals surface area contributed by atoms with Gasteiger partial charge in [-0.1, -0.05) is 17.7 Å². The van der Waals surface area contributed by atoms with Crippen LogP contribution in [0.2, 0.25) is 0 Å². The molecule has 0 unspecified atom stereocenters. The summed E-state index contributed by atoms with van der Waals surface area (Å²) in [6, 6.07) is 11.6. The molecular formula is C23H32N4O3S. The van der Waals surface area contributed by atoms with Crippen LogP contribution in [-0.4, -0.2) is 65.3 Å². The third kappa shape index (κ3) is 5.77. The number of benzene rings is 2. The summed E-state index contributed by atoms with van der Waals surface area (Å²) in [5, 5.41) is 2.83. The highest BCUT2D eigenvalue weighted by Crippen LogP contribution is 2.28. The van der Waals surface area contributed by atoms with E-state index in [4.69, 9.17) is 0 Å². The van der Waals surface area contributed by atoms with E-state index in [1.165, 1.54) is 4.31 Å². The maximum absolute atomic E-state index is 12.7. The lowest BCUT2D eigenvalue weighted by atomic mass is 10.1. The molecule has 1 saturated heterocycles. The van der Waals surface area contributed by atoms with Crippen LogP contribution in [0.15, 0.2) is 36.4 Å². The molecule has 0 saturated carbocycles. The Kier molecular flexibility index (Phi) is 6.91. The second-order valence-electron chi connectivity index (χ2n) is 8.40. The summed E-state index contributed by atoms with van der Waals surface area (Å²) < 4.78 is 26.2. The molecule has 0 atom stereocenters. The molecule has 31 heavy (non-hydrogen) atoms. The topological polar surface area (TPSA) is 73.0 Å². The molecular weight excluding hydrogens is 412 g/mol. The van der Waals surface area contributed by atoms with Crippen molar-refractivity contribution in [3.05, 3.63) is 53.1 Å². The van der Waals surface area contributed by atoms with E-state index in [1.54, 1.807) is 0 Å². The van der Waals surface area contributed by atoms with Gasteiger partial charge in [0, 0.05) is 37.6 Å². The van der Waals surface area contributed by atoms with E-state index >= 15 is 0 Å². The molecule has 1 aliphatic rings. The molecule has 1 aliphatic heterocycles. The summed E-state index contributed by atoms with van der Waals surface area (Å²) in [4.78, 5) is 17.3. The van der Waals surface area contributed by atoms with Crippen molar-refractivity contribution in [3.8, 4) is 0 Å². The third-order valence-corrected chi connectivity index (χ3v) is 6.70. The van der Waals surface area contributed by atoms with E-state index in [9.17, 15) is 13.2 Å². The van der Waals surface area contributed by atoms with Gasteiger partial charge in [-0.3, -0.25) is 9.10 Å². The van der Waals surface area contributed by atoms with Crippen molar-refractivity contribution in [2.75, 3.05) is 60.5 Å². The molecule has 1 heterocycles. The number of piperazine rings is 1. The van der Waals surface area contributed by atoms with E-state index in [1.807, 2.05) is 57.2 Å². The van der Waals surface area contributed by atoms with Crippen molar-refractivity contribution in [3.63, 3.8) is 0 Å². The zero-order chi connectivity index (χ0) is 22.8. The molecule has 0 spiro atoms. The van der Waals surface area contributed by atoms with E-state index in [2.05, 4.69) is 22.2 Å². The monoisotopic (exact) mass is 444 g/mol. The third-order valence-electron chi connectivity index (χ3n) is 5.59. The normalized spacial score (nSPS) is 15.1. The Morgan fingerprint density at radius 2 is 1.55 bits per heavy atom. The van der Waals surface area contributed by atoms with Gasteiger partial charge in [0.15, 0.2) is 0 Å². The number of carbonyl (C=O) groups is 1. The molecule has 0 aromatic heterocycles. The van der Waals surface area contributed by atoms with Crippen molar-refractivity contribution in [1.82, 2.24) is 4.90 Å². The van der Waals surface area contributed by atoms with E-state index < -0.39 is 10.0 Å². The first-order valence-corrected chi connectivity index (χ1v) is 12.3. The molecule has 168 valence electrons. The Labute approximate surface area is 185 Å². The van der Waals surface area contributed by atoms with Gasteiger partial charge in [-0.05, 0) is 63.2 Å². The van der Waals surface area contributed by atoms with Gasteiger partial charge in [0.05, 0.1) is 11.9 Å². The molecule has 2 aromatic carbocycles. The van der Waals surface area contributed by atoms with Crippen molar-refractivity contribution in [2.45, 2.75) is 20.8 Å². The molecule has 1 N–H and O–H groups in total. The van der Waals surface area contributed by atoms with E-state index in [0.29, 0.717) is 11.4 Å². The summed E-state index contributed by atoms with van der Waals surface area (Å²) in [5.74, 6) is -0.378. The maximum Gasteiger partial charge on any atom is 0.245 e. The summed E-state index contributed by atoms with van der Waals surface area (Å²) in [6.45, 7) is 9.42. The number of nitrogens with one attached hydrogen (secondary N) is 1. The van der Waals surface area contributed by atoms with Gasteiger partial charge in [-0.25, -0.2) is 8.42 Å². The second kappa shape index (κ2) is 9.28. The quantitative estimate of drug-likeness (QED) is 0.742. The van der Waals surface area contributed by atoms with Crippen molar-refractivity contribution in [2.24, 2.45) is 0 Å². The first-order valence-electron chi connectivity index (χ1n) is 10.4. The molecule has 1 amide bonds. The van der Waals surface area contributed by atoms with Crippen LogP contribution < -0.4 is 14.5 Å².